The van der Waals surface area contributed by atoms with Crippen LogP contribution >= 0.6 is 8.03 Å². The second-order valence-electron chi connectivity index (χ2n) is 3.11. The van der Waals surface area contributed by atoms with E-state index in [0.717, 1.165) is 12.0 Å². The minimum atomic E-state index is -2.45. The average Bonchev–Trinajstić information content (AvgIpc) is 2.16. The third kappa shape index (κ3) is 2.43. The van der Waals surface area contributed by atoms with Crippen molar-refractivity contribution in [2.45, 2.75) is 25.9 Å². The highest BCUT2D eigenvalue weighted by Gasteiger charge is 2.13. The average molecular weight is 198 g/mol. The van der Waals surface area contributed by atoms with Crippen molar-refractivity contribution in [2.24, 2.45) is 0 Å². The Kier molecular flexibility index (Phi) is 3.71. The molecule has 0 bridgehead atoms. The number of hydrogen-bond acceptors (Lipinski definition) is 1. The summed E-state index contributed by atoms with van der Waals surface area (Å²) in [6, 6.07) is 7.82. The van der Waals surface area contributed by atoms with Gasteiger partial charge in [-0.2, -0.15) is 0 Å². The summed E-state index contributed by atoms with van der Waals surface area (Å²) < 4.78 is 11.0. The van der Waals surface area contributed by atoms with Crippen LogP contribution in [0.4, 0.5) is 0 Å². The summed E-state index contributed by atoms with van der Waals surface area (Å²) in [5.74, 6) is 0. The lowest BCUT2D eigenvalue weighted by Crippen LogP contribution is -1.94. The summed E-state index contributed by atoms with van der Waals surface area (Å²) in [5, 5.41) is 0. The normalized spacial score (nSPS) is 15.3. The molecule has 72 valence electrons. The predicted octanol–water partition coefficient (Wildman–Crippen LogP) is 2.78. The van der Waals surface area contributed by atoms with Crippen LogP contribution in [0.1, 0.15) is 30.6 Å². The van der Waals surface area contributed by atoms with E-state index in [2.05, 4.69) is 6.92 Å². The summed E-state index contributed by atoms with van der Waals surface area (Å²) in [5.41, 5.74) is 1.96. The molecule has 3 heteroatoms. The minimum Gasteiger partial charge on any atom is -0.346 e. The third-order valence-corrected chi connectivity index (χ3v) is 3.32. The predicted molar refractivity (Wildman–Crippen MR) is 55.5 cm³/mol. The second-order valence-corrected chi connectivity index (χ2v) is 4.65. The topological polar surface area (TPSA) is 37.3 Å². The Labute approximate surface area is 79.5 Å². The molecule has 0 aliphatic rings. The number of hydrogen-bond donors (Lipinski definition) is 1. The molecule has 2 atom stereocenters. The molecule has 0 fully saturated rings. The van der Waals surface area contributed by atoms with Gasteiger partial charge in [-0.3, -0.25) is 4.57 Å². The summed E-state index contributed by atoms with van der Waals surface area (Å²) in [6.45, 7) is 3.86. The molecule has 1 aromatic rings. The molecule has 0 amide bonds. The molecule has 2 unspecified atom stereocenters. The lowest BCUT2D eigenvalue weighted by molar-refractivity contribution is 0.493. The van der Waals surface area contributed by atoms with Gasteiger partial charge in [0.2, 0.25) is 0 Å². The molecule has 1 aromatic carbocycles. The van der Waals surface area contributed by atoms with E-state index in [1.54, 1.807) is 6.92 Å². The number of benzene rings is 1. The summed E-state index contributed by atoms with van der Waals surface area (Å²) in [7, 11) is -2.45. The fourth-order valence-electron chi connectivity index (χ4n) is 1.41. The molecule has 0 spiro atoms. The first kappa shape index (κ1) is 10.5. The van der Waals surface area contributed by atoms with Crippen molar-refractivity contribution in [1.29, 1.82) is 0 Å². The van der Waals surface area contributed by atoms with Crippen LogP contribution in [0.5, 0.6) is 0 Å². The van der Waals surface area contributed by atoms with Gasteiger partial charge in [-0.1, -0.05) is 31.2 Å². The molecule has 1 N–H and O–H groups in total. The Hall–Kier alpha value is -0.590. The van der Waals surface area contributed by atoms with E-state index in [1.807, 2.05) is 24.3 Å². The highest BCUT2D eigenvalue weighted by molar-refractivity contribution is 7.38. The van der Waals surface area contributed by atoms with Crippen molar-refractivity contribution in [1.82, 2.24) is 0 Å². The molecule has 0 saturated carbocycles. The van der Waals surface area contributed by atoms with Gasteiger partial charge in [-0.05, 0) is 24.5 Å². The van der Waals surface area contributed by atoms with Crippen molar-refractivity contribution in [3.8, 4) is 0 Å². The van der Waals surface area contributed by atoms with Gasteiger partial charge < -0.3 is 4.89 Å². The van der Waals surface area contributed by atoms with Crippen molar-refractivity contribution < 1.29 is 9.46 Å². The maximum atomic E-state index is 11.0. The van der Waals surface area contributed by atoms with Gasteiger partial charge in [-0.25, -0.2) is 0 Å². The van der Waals surface area contributed by atoms with Gasteiger partial charge in [0, 0.05) is 0 Å². The molecule has 0 heterocycles. The Morgan fingerprint density at radius 3 is 2.62 bits per heavy atom. The molecule has 1 rings (SSSR count). The third-order valence-electron chi connectivity index (χ3n) is 2.27. The van der Waals surface area contributed by atoms with Gasteiger partial charge in [0.25, 0.3) is 0 Å². The van der Waals surface area contributed by atoms with Crippen LogP contribution in [0.2, 0.25) is 0 Å². The highest BCUT2D eigenvalue weighted by Crippen LogP contribution is 2.38. The van der Waals surface area contributed by atoms with Crippen LogP contribution in [-0.4, -0.2) is 4.89 Å². The van der Waals surface area contributed by atoms with Crippen LogP contribution in [0, 0.1) is 0 Å². The van der Waals surface area contributed by atoms with Crippen LogP contribution in [0.3, 0.4) is 0 Å². The van der Waals surface area contributed by atoms with Crippen LogP contribution < -0.4 is 0 Å². The number of rotatable bonds is 3. The molecule has 0 aliphatic carbocycles. The van der Waals surface area contributed by atoms with Crippen molar-refractivity contribution in [2.75, 3.05) is 0 Å². The Morgan fingerprint density at radius 2 is 2.08 bits per heavy atom. The lowest BCUT2D eigenvalue weighted by Gasteiger charge is -2.12. The first-order valence-corrected chi connectivity index (χ1v) is 5.90. The Bertz CT molecular complexity index is 310. The molecule has 0 aromatic heterocycles. The van der Waals surface area contributed by atoms with Gasteiger partial charge in [0.05, 0.1) is 5.66 Å². The largest absolute Gasteiger partial charge is 0.346 e. The van der Waals surface area contributed by atoms with Crippen molar-refractivity contribution >= 4 is 8.03 Å². The first-order valence-electron chi connectivity index (χ1n) is 4.47. The van der Waals surface area contributed by atoms with Gasteiger partial charge in [0.15, 0.2) is 8.03 Å². The van der Waals surface area contributed by atoms with Crippen LogP contribution in [-0.2, 0) is 11.0 Å². The smallest absolute Gasteiger partial charge is 0.196 e. The molecular formula is C10H15O2P. The summed E-state index contributed by atoms with van der Waals surface area (Å²) in [6.07, 6.45) is 0.912. The molecule has 0 saturated heterocycles. The molecular weight excluding hydrogens is 183 g/mol. The highest BCUT2D eigenvalue weighted by atomic mass is 31.1. The zero-order valence-electron chi connectivity index (χ0n) is 7.95. The standard InChI is InChI=1S/C10H15O2P/c1-3-9-6-4-5-7-10(9)8(2)13(11)12/h4-8,13H,3H2,1-2H3,(H,11,12). The van der Waals surface area contributed by atoms with E-state index in [4.69, 9.17) is 4.89 Å². The second kappa shape index (κ2) is 4.59. The number of aryl methyl sites for hydroxylation is 1. The molecule has 2 nitrogen and oxygen atoms in total. The van der Waals surface area contributed by atoms with Gasteiger partial charge >= 0.3 is 0 Å². The lowest BCUT2D eigenvalue weighted by atomic mass is 10.0. The Balaban J connectivity index is 3.05. The van der Waals surface area contributed by atoms with Crippen LogP contribution in [0.15, 0.2) is 24.3 Å². The van der Waals surface area contributed by atoms with Crippen LogP contribution in [0.25, 0.3) is 0 Å². The van der Waals surface area contributed by atoms with E-state index < -0.39 is 8.03 Å². The summed E-state index contributed by atoms with van der Waals surface area (Å²) >= 11 is 0. The monoisotopic (exact) mass is 198 g/mol. The van der Waals surface area contributed by atoms with E-state index in [9.17, 15) is 4.57 Å². The fraction of sp³-hybridized carbons (Fsp3) is 0.400. The van der Waals surface area contributed by atoms with Gasteiger partial charge in [-0.15, -0.1) is 0 Å². The van der Waals surface area contributed by atoms with E-state index in [1.165, 1.54) is 5.56 Å². The molecule has 0 radical (unpaired) electrons. The molecule has 0 aliphatic heterocycles. The molecule has 13 heavy (non-hydrogen) atoms. The van der Waals surface area contributed by atoms with Crippen molar-refractivity contribution in [3.63, 3.8) is 0 Å². The summed E-state index contributed by atoms with van der Waals surface area (Å²) in [4.78, 5) is 9.04. The minimum absolute atomic E-state index is 0.221. The quantitative estimate of drug-likeness (QED) is 0.758. The maximum Gasteiger partial charge on any atom is 0.196 e. The Morgan fingerprint density at radius 1 is 1.46 bits per heavy atom. The van der Waals surface area contributed by atoms with Crippen molar-refractivity contribution in [3.05, 3.63) is 35.4 Å². The van der Waals surface area contributed by atoms with Gasteiger partial charge in [0.1, 0.15) is 0 Å². The SMILES string of the molecule is CCc1ccccc1C(C)[PH](=O)O. The zero-order chi connectivity index (χ0) is 9.84. The fourth-order valence-corrected chi connectivity index (χ4v) is 1.96. The van der Waals surface area contributed by atoms with E-state index >= 15 is 0 Å². The first-order chi connectivity index (χ1) is 6.16. The zero-order valence-corrected chi connectivity index (χ0v) is 8.95. The van der Waals surface area contributed by atoms with E-state index in [0.29, 0.717) is 0 Å². The maximum absolute atomic E-state index is 11.0. The van der Waals surface area contributed by atoms with E-state index in [-0.39, 0.29) is 5.66 Å².